The first-order chi connectivity index (χ1) is 17.1. The second-order valence-electron chi connectivity index (χ2n) is 9.97. The summed E-state index contributed by atoms with van der Waals surface area (Å²) in [6.07, 6.45) is 8.91. The smallest absolute Gasteiger partial charge is 0.128 e. The molecule has 2 aliphatic rings. The highest BCUT2D eigenvalue weighted by Crippen LogP contribution is 2.37. The number of benzene rings is 2. The highest BCUT2D eigenvalue weighted by molar-refractivity contribution is 5.59. The Morgan fingerprint density at radius 1 is 0.943 bits per heavy atom. The van der Waals surface area contributed by atoms with Crippen LogP contribution in [0.4, 0.5) is 8.78 Å². The molecule has 0 saturated carbocycles. The highest BCUT2D eigenvalue weighted by Gasteiger charge is 2.40. The number of aryl methyl sites for hydroxylation is 2. The van der Waals surface area contributed by atoms with Crippen LogP contribution in [-0.4, -0.2) is 39.5 Å². The molecule has 2 bridgehead atoms. The maximum atomic E-state index is 13.4. The van der Waals surface area contributed by atoms with E-state index in [1.807, 2.05) is 6.07 Å². The van der Waals surface area contributed by atoms with E-state index < -0.39 is 11.6 Å². The highest BCUT2D eigenvalue weighted by atomic mass is 19.1. The van der Waals surface area contributed by atoms with E-state index >= 15 is 0 Å². The van der Waals surface area contributed by atoms with Gasteiger partial charge in [0.1, 0.15) is 17.5 Å². The zero-order chi connectivity index (χ0) is 24.2. The molecule has 0 amide bonds. The minimum atomic E-state index is -0.534. The van der Waals surface area contributed by atoms with Crippen LogP contribution in [0.1, 0.15) is 56.0 Å². The average Bonchev–Trinajstić information content (AvgIpc) is 3.06. The van der Waals surface area contributed by atoms with Crippen molar-refractivity contribution in [2.75, 3.05) is 6.54 Å². The quantitative estimate of drug-likeness (QED) is 0.430. The summed E-state index contributed by atoms with van der Waals surface area (Å²) < 4.78 is 26.8. The Hall–Kier alpha value is -2.70. The van der Waals surface area contributed by atoms with Gasteiger partial charge in [0.05, 0.1) is 5.69 Å². The van der Waals surface area contributed by atoms with Crippen LogP contribution in [0, 0.1) is 11.6 Å². The average molecular weight is 477 g/mol. The maximum Gasteiger partial charge on any atom is 0.128 e. The van der Waals surface area contributed by atoms with Gasteiger partial charge in [-0.25, -0.2) is 18.7 Å². The van der Waals surface area contributed by atoms with Crippen molar-refractivity contribution in [3.05, 3.63) is 83.3 Å². The lowest BCUT2D eigenvalue weighted by Gasteiger charge is -2.39. The van der Waals surface area contributed by atoms with Gasteiger partial charge in [-0.15, -0.1) is 0 Å². The molecule has 2 aromatic carbocycles. The number of halogens is 2. The van der Waals surface area contributed by atoms with Gasteiger partial charge in [0.15, 0.2) is 0 Å². The fourth-order valence-corrected chi connectivity index (χ4v) is 5.91. The van der Waals surface area contributed by atoms with Crippen molar-refractivity contribution in [2.24, 2.45) is 0 Å². The first-order valence-corrected chi connectivity index (χ1v) is 12.9. The van der Waals surface area contributed by atoms with Gasteiger partial charge in [-0.05, 0) is 80.5 Å². The van der Waals surface area contributed by atoms with Gasteiger partial charge in [0, 0.05) is 48.9 Å². The molecular weight excluding hydrogens is 442 g/mol. The molecule has 1 aromatic heterocycles. The van der Waals surface area contributed by atoms with E-state index in [9.17, 15) is 8.78 Å². The summed E-state index contributed by atoms with van der Waals surface area (Å²) >= 11 is 0. The lowest BCUT2D eigenvalue weighted by Crippen LogP contribution is -2.48. The number of hydrogen-bond acceptors (Lipinski definition) is 4. The molecule has 0 spiro atoms. The molecule has 6 heteroatoms. The van der Waals surface area contributed by atoms with Crippen molar-refractivity contribution in [2.45, 2.75) is 76.5 Å². The minimum absolute atomic E-state index is 0.534. The Morgan fingerprint density at radius 3 is 2.46 bits per heavy atom. The molecule has 2 atom stereocenters. The summed E-state index contributed by atoms with van der Waals surface area (Å²) in [4.78, 5) is 11.9. The molecule has 4 nitrogen and oxygen atoms in total. The Bertz CT molecular complexity index is 1120. The van der Waals surface area contributed by atoms with Gasteiger partial charge >= 0.3 is 0 Å². The van der Waals surface area contributed by atoms with Gasteiger partial charge in [-0.2, -0.15) is 0 Å². The standard InChI is InChI=1S/C29H34F2N4/c1-2-32-25-17-26-9-10-27(18-25)35(26)19-21-6-3-7-22(13-21)28-11-12-33-29(34-28)8-4-5-20-14-23(30)16-24(31)15-20/h3,6-7,11-16,25-27,32H,2,4-5,8-10,17-19H2,1H3. The Morgan fingerprint density at radius 2 is 1.71 bits per heavy atom. The van der Waals surface area contributed by atoms with Crippen LogP contribution in [0.15, 0.2) is 54.7 Å². The van der Waals surface area contributed by atoms with Gasteiger partial charge in [0.2, 0.25) is 0 Å². The van der Waals surface area contributed by atoms with E-state index in [-0.39, 0.29) is 0 Å². The first kappa shape index (κ1) is 24.0. The van der Waals surface area contributed by atoms with Crippen molar-refractivity contribution >= 4 is 0 Å². The van der Waals surface area contributed by atoms with Gasteiger partial charge in [-0.3, -0.25) is 4.90 Å². The zero-order valence-corrected chi connectivity index (χ0v) is 20.4. The molecule has 3 heterocycles. The van der Waals surface area contributed by atoms with Crippen LogP contribution in [0.3, 0.4) is 0 Å². The van der Waals surface area contributed by atoms with Gasteiger partial charge < -0.3 is 5.32 Å². The minimum Gasteiger partial charge on any atom is -0.314 e. The summed E-state index contributed by atoms with van der Waals surface area (Å²) in [7, 11) is 0. The molecule has 2 saturated heterocycles. The Balaban J connectivity index is 1.22. The lowest BCUT2D eigenvalue weighted by molar-refractivity contribution is 0.110. The number of nitrogens with one attached hydrogen (secondary N) is 1. The number of aromatic nitrogens is 2. The van der Waals surface area contributed by atoms with Crippen molar-refractivity contribution < 1.29 is 8.78 Å². The van der Waals surface area contributed by atoms with Crippen LogP contribution in [-0.2, 0) is 19.4 Å². The van der Waals surface area contributed by atoms with Crippen LogP contribution >= 0.6 is 0 Å². The summed E-state index contributed by atoms with van der Waals surface area (Å²) in [6.45, 7) is 4.24. The van der Waals surface area contributed by atoms with Crippen LogP contribution in [0.25, 0.3) is 11.3 Å². The SMILES string of the molecule is CCNC1CC2CCC(C1)N2Cc1cccc(-c2ccnc(CCCc3cc(F)cc(F)c3)n2)c1. The van der Waals surface area contributed by atoms with Crippen molar-refractivity contribution in [3.63, 3.8) is 0 Å². The number of fused-ring (bicyclic) bond motifs is 2. The molecule has 5 rings (SSSR count). The van der Waals surface area contributed by atoms with Crippen LogP contribution in [0.2, 0.25) is 0 Å². The molecule has 0 aliphatic carbocycles. The largest absolute Gasteiger partial charge is 0.314 e. The summed E-state index contributed by atoms with van der Waals surface area (Å²) in [5, 5.41) is 3.66. The predicted octanol–water partition coefficient (Wildman–Crippen LogP) is 5.70. The molecule has 1 N–H and O–H groups in total. The summed E-state index contributed by atoms with van der Waals surface area (Å²) in [5.41, 5.74) is 4.01. The third-order valence-electron chi connectivity index (χ3n) is 7.46. The number of piperidine rings is 1. The molecular formula is C29H34F2N4. The molecule has 35 heavy (non-hydrogen) atoms. The van der Waals surface area contributed by atoms with Crippen molar-refractivity contribution in [1.29, 1.82) is 0 Å². The molecule has 2 unspecified atom stereocenters. The van der Waals surface area contributed by atoms with Gasteiger partial charge in [-0.1, -0.05) is 25.1 Å². The Labute approximate surface area is 206 Å². The number of rotatable bonds is 9. The molecule has 184 valence electrons. The topological polar surface area (TPSA) is 41.0 Å². The van der Waals surface area contributed by atoms with Crippen LogP contribution in [0.5, 0.6) is 0 Å². The third-order valence-corrected chi connectivity index (χ3v) is 7.46. The summed E-state index contributed by atoms with van der Waals surface area (Å²) in [5.74, 6) is -0.311. The van der Waals surface area contributed by atoms with E-state index in [1.54, 1.807) is 6.20 Å². The first-order valence-electron chi connectivity index (χ1n) is 12.9. The molecule has 2 aliphatic heterocycles. The monoisotopic (exact) mass is 476 g/mol. The zero-order valence-electron chi connectivity index (χ0n) is 20.4. The molecule has 0 radical (unpaired) electrons. The Kier molecular flexibility index (Phi) is 7.49. The van der Waals surface area contributed by atoms with Gasteiger partial charge in [0.25, 0.3) is 0 Å². The fraction of sp³-hybridized carbons (Fsp3) is 0.448. The van der Waals surface area contributed by atoms with E-state index in [2.05, 4.69) is 46.4 Å². The lowest BCUT2D eigenvalue weighted by atomic mass is 9.96. The summed E-state index contributed by atoms with van der Waals surface area (Å²) in [6, 6.07) is 16.4. The predicted molar refractivity (Wildman–Crippen MR) is 135 cm³/mol. The molecule has 2 fully saturated rings. The van der Waals surface area contributed by atoms with Crippen LogP contribution < -0.4 is 5.32 Å². The van der Waals surface area contributed by atoms with Crippen molar-refractivity contribution in [1.82, 2.24) is 20.2 Å². The second-order valence-corrected chi connectivity index (χ2v) is 9.97. The molecule has 3 aromatic rings. The van der Waals surface area contributed by atoms with E-state index in [0.717, 1.165) is 42.7 Å². The van der Waals surface area contributed by atoms with E-state index in [0.29, 0.717) is 36.5 Å². The van der Waals surface area contributed by atoms with Crippen molar-refractivity contribution in [3.8, 4) is 11.3 Å². The number of nitrogens with zero attached hydrogens (tertiary/aromatic N) is 3. The van der Waals surface area contributed by atoms with E-state index in [1.165, 1.54) is 43.4 Å². The normalized spacial score (nSPS) is 22.0. The third kappa shape index (κ3) is 5.93. The van der Waals surface area contributed by atoms with E-state index in [4.69, 9.17) is 4.98 Å². The fourth-order valence-electron chi connectivity index (χ4n) is 5.91. The number of hydrogen-bond donors (Lipinski definition) is 1. The second kappa shape index (κ2) is 10.9. The maximum absolute atomic E-state index is 13.4.